The van der Waals surface area contributed by atoms with E-state index in [0.717, 1.165) is 24.8 Å². The first-order valence-electron chi connectivity index (χ1n) is 11.1. The SMILES string of the molecule is COCCN1CC2(CCOC2)N(C2CCN(C(=O)COc3cccc(C)c3)CC2)C1=O. The number of amides is 3. The Morgan fingerprint density at radius 1 is 1.29 bits per heavy atom. The van der Waals surface area contributed by atoms with Crippen LogP contribution in [0.2, 0.25) is 0 Å². The van der Waals surface area contributed by atoms with Crippen LogP contribution in [0.3, 0.4) is 0 Å². The summed E-state index contributed by atoms with van der Waals surface area (Å²) in [7, 11) is 1.65. The summed E-state index contributed by atoms with van der Waals surface area (Å²) in [6.07, 6.45) is 2.43. The molecule has 3 saturated heterocycles. The number of ether oxygens (including phenoxy) is 3. The number of hydrogen-bond acceptors (Lipinski definition) is 5. The van der Waals surface area contributed by atoms with E-state index in [1.165, 1.54) is 0 Å². The van der Waals surface area contributed by atoms with Crippen molar-refractivity contribution < 1.29 is 23.8 Å². The molecule has 1 spiro atoms. The minimum atomic E-state index is -0.240. The number of carbonyl (C=O) groups is 2. The quantitative estimate of drug-likeness (QED) is 0.660. The second-order valence-electron chi connectivity index (χ2n) is 8.81. The molecule has 0 radical (unpaired) electrons. The summed E-state index contributed by atoms with van der Waals surface area (Å²) in [5.74, 6) is 0.707. The fourth-order valence-electron chi connectivity index (χ4n) is 5.00. The number of nitrogens with zero attached hydrogens (tertiary/aromatic N) is 3. The monoisotopic (exact) mass is 431 g/mol. The smallest absolute Gasteiger partial charge is 0.321 e. The van der Waals surface area contributed by atoms with Crippen LogP contribution in [0.25, 0.3) is 0 Å². The van der Waals surface area contributed by atoms with Crippen LogP contribution in [0.1, 0.15) is 24.8 Å². The largest absolute Gasteiger partial charge is 0.484 e. The Labute approximate surface area is 184 Å². The number of aryl methyl sites for hydroxylation is 1. The Hall–Kier alpha value is -2.32. The molecule has 1 atom stereocenters. The maximum Gasteiger partial charge on any atom is 0.321 e. The van der Waals surface area contributed by atoms with Gasteiger partial charge in [-0.25, -0.2) is 4.79 Å². The van der Waals surface area contributed by atoms with Crippen LogP contribution in [0, 0.1) is 6.92 Å². The number of rotatable bonds is 7. The molecule has 1 unspecified atom stereocenters. The molecule has 0 aromatic heterocycles. The molecule has 4 rings (SSSR count). The first-order chi connectivity index (χ1) is 15.0. The zero-order valence-electron chi connectivity index (χ0n) is 18.5. The van der Waals surface area contributed by atoms with E-state index in [4.69, 9.17) is 14.2 Å². The van der Waals surface area contributed by atoms with Gasteiger partial charge in [0.25, 0.3) is 5.91 Å². The summed E-state index contributed by atoms with van der Waals surface area (Å²) < 4.78 is 16.6. The molecule has 0 N–H and O–H groups in total. The number of carbonyl (C=O) groups excluding carboxylic acids is 2. The minimum Gasteiger partial charge on any atom is -0.484 e. The lowest BCUT2D eigenvalue weighted by atomic mass is 9.93. The third-order valence-electron chi connectivity index (χ3n) is 6.65. The van der Waals surface area contributed by atoms with Crippen molar-refractivity contribution in [1.29, 1.82) is 0 Å². The van der Waals surface area contributed by atoms with Gasteiger partial charge in [0.2, 0.25) is 0 Å². The van der Waals surface area contributed by atoms with Gasteiger partial charge in [0.1, 0.15) is 5.75 Å². The third-order valence-corrected chi connectivity index (χ3v) is 6.65. The van der Waals surface area contributed by atoms with Crippen molar-refractivity contribution in [2.75, 3.05) is 59.7 Å². The van der Waals surface area contributed by atoms with E-state index < -0.39 is 0 Å². The van der Waals surface area contributed by atoms with E-state index >= 15 is 0 Å². The van der Waals surface area contributed by atoms with Gasteiger partial charge in [-0.2, -0.15) is 0 Å². The van der Waals surface area contributed by atoms with Crippen LogP contribution in [0.4, 0.5) is 4.79 Å². The van der Waals surface area contributed by atoms with Crippen molar-refractivity contribution in [3.63, 3.8) is 0 Å². The second kappa shape index (κ2) is 9.44. The van der Waals surface area contributed by atoms with Gasteiger partial charge in [0, 0.05) is 45.9 Å². The van der Waals surface area contributed by atoms with Crippen molar-refractivity contribution in [2.24, 2.45) is 0 Å². The number of urea groups is 1. The first kappa shape index (κ1) is 21.9. The lowest BCUT2D eigenvalue weighted by molar-refractivity contribution is -0.135. The number of methoxy groups -OCH3 is 1. The maximum absolute atomic E-state index is 13.2. The molecule has 1 aromatic carbocycles. The van der Waals surface area contributed by atoms with Gasteiger partial charge >= 0.3 is 6.03 Å². The maximum atomic E-state index is 13.2. The highest BCUT2D eigenvalue weighted by atomic mass is 16.5. The molecule has 3 fully saturated rings. The van der Waals surface area contributed by atoms with E-state index in [1.54, 1.807) is 7.11 Å². The summed E-state index contributed by atoms with van der Waals surface area (Å²) in [4.78, 5) is 31.7. The van der Waals surface area contributed by atoms with Gasteiger partial charge in [-0.05, 0) is 43.9 Å². The molecule has 3 aliphatic rings. The Bertz CT molecular complexity index is 787. The van der Waals surface area contributed by atoms with Crippen LogP contribution in [-0.4, -0.2) is 97.9 Å². The molecule has 3 amide bonds. The average molecular weight is 432 g/mol. The number of hydrogen-bond donors (Lipinski definition) is 0. The fraction of sp³-hybridized carbons (Fsp3) is 0.652. The lowest BCUT2D eigenvalue weighted by Crippen LogP contribution is -2.56. The van der Waals surface area contributed by atoms with E-state index in [2.05, 4.69) is 4.90 Å². The molecule has 0 aliphatic carbocycles. The van der Waals surface area contributed by atoms with Gasteiger partial charge in [-0.15, -0.1) is 0 Å². The van der Waals surface area contributed by atoms with E-state index in [0.29, 0.717) is 51.7 Å². The second-order valence-corrected chi connectivity index (χ2v) is 8.81. The van der Waals surface area contributed by atoms with Crippen LogP contribution < -0.4 is 4.74 Å². The van der Waals surface area contributed by atoms with Gasteiger partial charge in [-0.1, -0.05) is 12.1 Å². The molecule has 3 heterocycles. The van der Waals surface area contributed by atoms with Gasteiger partial charge in [0.05, 0.1) is 18.8 Å². The Morgan fingerprint density at radius 2 is 2.10 bits per heavy atom. The van der Waals surface area contributed by atoms with Crippen molar-refractivity contribution in [1.82, 2.24) is 14.7 Å². The summed E-state index contributed by atoms with van der Waals surface area (Å²) in [5.41, 5.74) is 0.862. The summed E-state index contributed by atoms with van der Waals surface area (Å²) >= 11 is 0. The predicted molar refractivity (Wildman–Crippen MR) is 115 cm³/mol. The molecule has 31 heavy (non-hydrogen) atoms. The van der Waals surface area contributed by atoms with Gasteiger partial charge in [0.15, 0.2) is 6.61 Å². The molecule has 0 bridgehead atoms. The van der Waals surface area contributed by atoms with Crippen molar-refractivity contribution in [3.05, 3.63) is 29.8 Å². The van der Waals surface area contributed by atoms with Crippen molar-refractivity contribution in [3.8, 4) is 5.75 Å². The Kier molecular flexibility index (Phi) is 6.67. The topological polar surface area (TPSA) is 71.6 Å². The molecule has 3 aliphatic heterocycles. The van der Waals surface area contributed by atoms with E-state index in [9.17, 15) is 9.59 Å². The number of likely N-dealkylation sites (tertiary alicyclic amines) is 1. The standard InChI is InChI=1S/C23H33N3O5/c1-18-4-3-5-20(14-18)31-15-21(27)24-9-6-19(7-10-24)26-22(28)25(11-13-29-2)16-23(26)8-12-30-17-23/h3-5,14,19H,6-13,15-17H2,1-2H3. The first-order valence-corrected chi connectivity index (χ1v) is 11.1. The summed E-state index contributed by atoms with van der Waals surface area (Å²) in [5, 5.41) is 0. The average Bonchev–Trinajstić information content (AvgIpc) is 3.35. The fourth-order valence-corrected chi connectivity index (χ4v) is 5.00. The number of piperidine rings is 1. The highest BCUT2D eigenvalue weighted by molar-refractivity contribution is 5.79. The molecule has 8 heteroatoms. The van der Waals surface area contributed by atoms with Crippen LogP contribution in [-0.2, 0) is 14.3 Å². The molecule has 170 valence electrons. The Morgan fingerprint density at radius 3 is 2.77 bits per heavy atom. The zero-order chi connectivity index (χ0) is 21.8. The molecule has 1 aromatic rings. The highest BCUT2D eigenvalue weighted by Crippen LogP contribution is 2.38. The van der Waals surface area contributed by atoms with Crippen LogP contribution >= 0.6 is 0 Å². The zero-order valence-corrected chi connectivity index (χ0v) is 18.5. The Balaban J connectivity index is 1.33. The highest BCUT2D eigenvalue weighted by Gasteiger charge is 2.54. The molecule has 8 nitrogen and oxygen atoms in total. The summed E-state index contributed by atoms with van der Waals surface area (Å²) in [6, 6.07) is 7.92. The van der Waals surface area contributed by atoms with Crippen molar-refractivity contribution in [2.45, 2.75) is 37.8 Å². The van der Waals surface area contributed by atoms with Crippen LogP contribution in [0.5, 0.6) is 5.75 Å². The van der Waals surface area contributed by atoms with Gasteiger partial charge in [-0.3, -0.25) is 4.79 Å². The van der Waals surface area contributed by atoms with E-state index in [1.807, 2.05) is 41.0 Å². The molecular formula is C23H33N3O5. The lowest BCUT2D eigenvalue weighted by Gasteiger charge is -2.42. The number of benzene rings is 1. The minimum absolute atomic E-state index is 0.00617. The molecule has 0 saturated carbocycles. The van der Waals surface area contributed by atoms with Gasteiger partial charge < -0.3 is 28.9 Å². The third kappa shape index (κ3) is 4.65. The van der Waals surface area contributed by atoms with Crippen LogP contribution in [0.15, 0.2) is 24.3 Å². The summed E-state index contributed by atoms with van der Waals surface area (Å²) in [6.45, 7) is 6.42. The van der Waals surface area contributed by atoms with Crippen molar-refractivity contribution >= 4 is 11.9 Å². The normalized spacial score (nSPS) is 24.5. The predicted octanol–water partition coefficient (Wildman–Crippen LogP) is 1.91. The van der Waals surface area contributed by atoms with E-state index in [-0.39, 0.29) is 30.1 Å². The molecular weight excluding hydrogens is 398 g/mol.